The quantitative estimate of drug-likeness (QED) is 0.278. The maximum atomic E-state index is 12.8. The van der Waals surface area contributed by atoms with Gasteiger partial charge in [0.1, 0.15) is 35.5 Å². The lowest BCUT2D eigenvalue weighted by Crippen LogP contribution is -2.61. The minimum absolute atomic E-state index is 0.237. The smallest absolute Gasteiger partial charge is 0.338 e. The normalized spacial score (nSPS) is 29.3. The number of ether oxygens (including phenoxy) is 5. The largest absolute Gasteiger partial charge is 0.497 e. The van der Waals surface area contributed by atoms with Crippen LogP contribution in [0, 0.1) is 0 Å². The van der Waals surface area contributed by atoms with Crippen LogP contribution in [0.1, 0.15) is 22.2 Å². The van der Waals surface area contributed by atoms with Crippen LogP contribution in [0.15, 0.2) is 59.7 Å². The number of methoxy groups -OCH3 is 1. The molecular weight excluding hydrogens is 434 g/mol. The second kappa shape index (κ2) is 10.2. The molecule has 0 N–H and O–H groups in total. The van der Waals surface area contributed by atoms with E-state index in [-0.39, 0.29) is 6.61 Å². The van der Waals surface area contributed by atoms with Crippen molar-refractivity contribution in [1.82, 2.24) is 0 Å². The lowest BCUT2D eigenvalue weighted by Gasteiger charge is -2.47. The molecule has 2 aliphatic heterocycles. The van der Waals surface area contributed by atoms with Gasteiger partial charge in [-0.1, -0.05) is 35.4 Å². The van der Waals surface area contributed by atoms with Crippen LogP contribution >= 0.6 is 11.8 Å². The molecule has 0 amide bonds. The maximum absolute atomic E-state index is 12.8. The molecular formula is C22H23N3O6S. The van der Waals surface area contributed by atoms with Crippen LogP contribution in [-0.4, -0.2) is 55.7 Å². The Hall–Kier alpha value is -2.75. The molecule has 0 spiro atoms. The van der Waals surface area contributed by atoms with Crippen molar-refractivity contribution in [2.45, 2.75) is 36.1 Å². The predicted molar refractivity (Wildman–Crippen MR) is 117 cm³/mol. The van der Waals surface area contributed by atoms with Crippen LogP contribution in [0.3, 0.4) is 0 Å². The summed E-state index contributed by atoms with van der Waals surface area (Å²) < 4.78 is 29.3. The number of fused-ring (bicyclic) bond motifs is 1. The summed E-state index contributed by atoms with van der Waals surface area (Å²) in [4.78, 5) is 15.8. The van der Waals surface area contributed by atoms with Crippen molar-refractivity contribution in [3.63, 3.8) is 0 Å². The van der Waals surface area contributed by atoms with Gasteiger partial charge in [0.15, 0.2) is 6.29 Å². The predicted octanol–water partition coefficient (Wildman–Crippen LogP) is 4.10. The Morgan fingerprint density at radius 3 is 2.56 bits per heavy atom. The molecule has 10 heteroatoms. The Morgan fingerprint density at radius 1 is 1.16 bits per heavy atom. The topological polar surface area (TPSA) is 112 Å². The summed E-state index contributed by atoms with van der Waals surface area (Å²) in [5.41, 5.74) is 9.82. The Bertz CT molecular complexity index is 969. The van der Waals surface area contributed by atoms with Gasteiger partial charge in [0.2, 0.25) is 0 Å². The third-order valence-electron chi connectivity index (χ3n) is 5.37. The highest BCUT2D eigenvalue weighted by Gasteiger charge is 2.51. The zero-order valence-corrected chi connectivity index (χ0v) is 18.4. The minimum Gasteiger partial charge on any atom is -0.497 e. The van der Waals surface area contributed by atoms with Gasteiger partial charge in [0, 0.05) is 10.5 Å². The van der Waals surface area contributed by atoms with Crippen LogP contribution in [-0.2, 0) is 18.9 Å². The van der Waals surface area contributed by atoms with E-state index in [4.69, 9.17) is 29.2 Å². The lowest BCUT2D eigenvalue weighted by atomic mass is 9.97. The van der Waals surface area contributed by atoms with Gasteiger partial charge in [-0.15, -0.1) is 11.8 Å². The van der Waals surface area contributed by atoms with Gasteiger partial charge in [-0.25, -0.2) is 4.79 Å². The van der Waals surface area contributed by atoms with Crippen molar-refractivity contribution >= 4 is 17.7 Å². The average molecular weight is 458 g/mol. The van der Waals surface area contributed by atoms with Gasteiger partial charge in [0.05, 0.1) is 19.3 Å². The highest BCUT2D eigenvalue weighted by molar-refractivity contribution is 7.99. The molecule has 4 rings (SSSR count). The molecule has 0 bridgehead atoms. The van der Waals surface area contributed by atoms with E-state index in [1.54, 1.807) is 31.4 Å². The third-order valence-corrected chi connectivity index (χ3v) is 6.22. The third kappa shape index (κ3) is 4.69. The molecule has 0 aromatic heterocycles. The molecule has 9 nitrogen and oxygen atoms in total. The second-order valence-electron chi connectivity index (χ2n) is 7.25. The van der Waals surface area contributed by atoms with Gasteiger partial charge in [-0.2, -0.15) is 0 Å². The number of nitrogens with zero attached hydrogens (tertiary/aromatic N) is 3. The molecule has 2 aromatic carbocycles. The number of thioether (sulfide) groups is 1. The van der Waals surface area contributed by atoms with E-state index in [1.165, 1.54) is 11.8 Å². The summed E-state index contributed by atoms with van der Waals surface area (Å²) in [6.07, 6.45) is -0.866. The number of rotatable bonds is 6. The number of azide groups is 1. The van der Waals surface area contributed by atoms with E-state index in [1.807, 2.05) is 36.6 Å². The van der Waals surface area contributed by atoms with E-state index in [9.17, 15) is 4.79 Å². The molecule has 2 aromatic rings. The van der Waals surface area contributed by atoms with Gasteiger partial charge in [-0.05, 0) is 36.1 Å². The highest BCUT2D eigenvalue weighted by atomic mass is 32.2. The van der Waals surface area contributed by atoms with Gasteiger partial charge < -0.3 is 23.7 Å². The SMILES string of the molecule is COc1ccc(C2OCC3O[C@@H](SC)C(N=[N+]=[N-])[C@@H](OC(=O)c4ccccc4)[C@@H]3O2)cc1. The first kappa shape index (κ1) is 22.4. The molecule has 2 saturated heterocycles. The summed E-state index contributed by atoms with van der Waals surface area (Å²) in [7, 11) is 1.59. The van der Waals surface area contributed by atoms with Crippen LogP contribution in [0.5, 0.6) is 5.75 Å². The summed E-state index contributed by atoms with van der Waals surface area (Å²) in [5.74, 6) is 0.190. The lowest BCUT2D eigenvalue weighted by molar-refractivity contribution is -0.304. The number of benzene rings is 2. The molecule has 2 heterocycles. The molecule has 0 aliphatic carbocycles. The molecule has 0 saturated carbocycles. The Morgan fingerprint density at radius 2 is 1.91 bits per heavy atom. The van der Waals surface area contributed by atoms with Crippen LogP contribution in [0.4, 0.5) is 0 Å². The first-order valence-electron chi connectivity index (χ1n) is 10.0. The van der Waals surface area contributed by atoms with Crippen molar-refractivity contribution in [2.75, 3.05) is 20.0 Å². The highest BCUT2D eigenvalue weighted by Crippen LogP contribution is 2.39. The fourth-order valence-electron chi connectivity index (χ4n) is 3.77. The van der Waals surface area contributed by atoms with Gasteiger partial charge in [0.25, 0.3) is 0 Å². The number of carbonyl (C=O) groups is 1. The fraction of sp³-hybridized carbons (Fsp3) is 0.409. The van der Waals surface area contributed by atoms with Crippen molar-refractivity contribution in [3.05, 3.63) is 76.2 Å². The van der Waals surface area contributed by atoms with E-state index in [0.717, 1.165) is 5.56 Å². The molecule has 168 valence electrons. The Kier molecular flexibility index (Phi) is 7.19. The molecule has 6 atom stereocenters. The summed E-state index contributed by atoms with van der Waals surface area (Å²) >= 11 is 1.37. The zero-order valence-electron chi connectivity index (χ0n) is 17.6. The van der Waals surface area contributed by atoms with Crippen LogP contribution in [0.25, 0.3) is 10.4 Å². The summed E-state index contributed by atoms with van der Waals surface area (Å²) in [6.45, 7) is 0.237. The average Bonchev–Trinajstić information content (AvgIpc) is 2.85. The number of esters is 1. The fourth-order valence-corrected chi connectivity index (χ4v) is 4.51. The summed E-state index contributed by atoms with van der Waals surface area (Å²) in [5, 5.41) is 3.90. The van der Waals surface area contributed by atoms with E-state index in [0.29, 0.717) is 11.3 Å². The van der Waals surface area contributed by atoms with Crippen molar-refractivity contribution in [1.29, 1.82) is 0 Å². The second-order valence-corrected chi connectivity index (χ2v) is 8.19. The Balaban J connectivity index is 1.61. The number of hydrogen-bond donors (Lipinski definition) is 0. The summed E-state index contributed by atoms with van der Waals surface area (Å²) in [6, 6.07) is 15.2. The van der Waals surface area contributed by atoms with E-state index < -0.39 is 42.0 Å². The molecule has 3 unspecified atom stereocenters. The van der Waals surface area contributed by atoms with Crippen molar-refractivity contribution < 1.29 is 28.5 Å². The monoisotopic (exact) mass is 457 g/mol. The molecule has 0 radical (unpaired) electrons. The first-order valence-corrected chi connectivity index (χ1v) is 11.3. The Labute approximate surface area is 189 Å². The van der Waals surface area contributed by atoms with Crippen LogP contribution < -0.4 is 4.74 Å². The maximum Gasteiger partial charge on any atom is 0.338 e. The molecule has 32 heavy (non-hydrogen) atoms. The van der Waals surface area contributed by atoms with Gasteiger partial charge >= 0.3 is 5.97 Å². The van der Waals surface area contributed by atoms with Gasteiger partial charge in [-0.3, -0.25) is 0 Å². The number of carbonyl (C=O) groups excluding carboxylic acids is 1. The standard InChI is InChI=1S/C22H23N3O6S/c1-27-15-10-8-14(9-11-15)21-28-12-16-18(31-21)19(17(24-25-23)22(29-16)32-2)30-20(26)13-6-4-3-5-7-13/h3-11,16-19,21-22H,12H2,1-2H3/t16?,17?,18-,19-,21?,22+/m1/s1. The molecule has 2 fully saturated rings. The molecule has 2 aliphatic rings. The number of hydrogen-bond acceptors (Lipinski definition) is 8. The van der Waals surface area contributed by atoms with Crippen molar-refractivity contribution in [2.24, 2.45) is 5.11 Å². The van der Waals surface area contributed by atoms with E-state index in [2.05, 4.69) is 10.0 Å². The van der Waals surface area contributed by atoms with Crippen LogP contribution in [0.2, 0.25) is 0 Å². The first-order chi connectivity index (χ1) is 15.6. The zero-order chi connectivity index (χ0) is 22.5. The minimum atomic E-state index is -0.848. The van der Waals surface area contributed by atoms with E-state index >= 15 is 0 Å². The van der Waals surface area contributed by atoms with Crippen molar-refractivity contribution in [3.8, 4) is 5.75 Å².